The summed E-state index contributed by atoms with van der Waals surface area (Å²) in [4.78, 5) is 4.99. The van der Waals surface area contributed by atoms with Crippen LogP contribution in [0.2, 0.25) is 0 Å². The molecule has 19 heavy (non-hydrogen) atoms. The zero-order valence-electron chi connectivity index (χ0n) is 12.4. The second-order valence-electron chi connectivity index (χ2n) is 5.88. The number of nitrogens with two attached hydrogens (primary N) is 1. The fourth-order valence-electron chi connectivity index (χ4n) is 3.16. The lowest BCUT2D eigenvalue weighted by atomic mass is 9.99. The van der Waals surface area contributed by atoms with E-state index in [0.29, 0.717) is 12.1 Å². The van der Waals surface area contributed by atoms with Gasteiger partial charge in [-0.3, -0.25) is 4.90 Å². The minimum absolute atomic E-state index is 0.0899. The quantitative estimate of drug-likeness (QED) is 0.904. The normalized spacial score (nSPS) is 25.8. The number of hydrogen-bond donors (Lipinski definition) is 1. The van der Waals surface area contributed by atoms with Crippen LogP contribution in [-0.2, 0) is 0 Å². The number of rotatable bonds is 3. The highest BCUT2D eigenvalue weighted by atomic mass is 15.3. The molecule has 1 aromatic rings. The molecule has 3 unspecified atom stereocenters. The van der Waals surface area contributed by atoms with Crippen molar-refractivity contribution < 1.29 is 0 Å². The van der Waals surface area contributed by atoms with E-state index in [9.17, 15) is 0 Å². The molecule has 106 valence electrons. The van der Waals surface area contributed by atoms with Crippen LogP contribution in [-0.4, -0.2) is 48.6 Å². The highest BCUT2D eigenvalue weighted by Crippen LogP contribution is 2.22. The van der Waals surface area contributed by atoms with Gasteiger partial charge in [-0.25, -0.2) is 0 Å². The van der Waals surface area contributed by atoms with E-state index in [1.165, 1.54) is 18.5 Å². The molecule has 2 rings (SSSR count). The summed E-state index contributed by atoms with van der Waals surface area (Å²) >= 11 is 0. The average Bonchev–Trinajstić information content (AvgIpc) is 2.58. The summed E-state index contributed by atoms with van der Waals surface area (Å²) in [5.41, 5.74) is 7.70. The van der Waals surface area contributed by atoms with E-state index in [1.807, 2.05) is 6.07 Å². The molecule has 0 amide bonds. The second kappa shape index (κ2) is 6.51. The van der Waals surface area contributed by atoms with Crippen LogP contribution in [0, 0.1) is 0 Å². The summed E-state index contributed by atoms with van der Waals surface area (Å²) < 4.78 is 0. The highest BCUT2D eigenvalue weighted by Gasteiger charge is 2.27. The van der Waals surface area contributed by atoms with Gasteiger partial charge in [0.25, 0.3) is 0 Å². The Labute approximate surface area is 117 Å². The van der Waals surface area contributed by atoms with Crippen LogP contribution in [0.5, 0.6) is 0 Å². The molecular formula is C16H27N3. The Morgan fingerprint density at radius 3 is 2.58 bits per heavy atom. The van der Waals surface area contributed by atoms with Crippen LogP contribution in [0.25, 0.3) is 0 Å². The van der Waals surface area contributed by atoms with E-state index in [-0.39, 0.29) is 6.04 Å². The molecule has 1 saturated heterocycles. The van der Waals surface area contributed by atoms with Crippen LogP contribution in [0.1, 0.15) is 31.9 Å². The topological polar surface area (TPSA) is 32.5 Å². The van der Waals surface area contributed by atoms with Gasteiger partial charge in [-0.2, -0.15) is 0 Å². The van der Waals surface area contributed by atoms with E-state index in [4.69, 9.17) is 5.73 Å². The predicted octanol–water partition coefficient (Wildman–Crippen LogP) is 2.10. The molecule has 1 aliphatic heterocycles. The smallest absolute Gasteiger partial charge is 0.0450 e. The van der Waals surface area contributed by atoms with Crippen molar-refractivity contribution in [3.8, 4) is 0 Å². The Balaban J connectivity index is 2.07. The summed E-state index contributed by atoms with van der Waals surface area (Å²) in [5.74, 6) is 0. The van der Waals surface area contributed by atoms with E-state index < -0.39 is 0 Å². The van der Waals surface area contributed by atoms with Crippen molar-refractivity contribution in [3.63, 3.8) is 0 Å². The Bertz CT molecular complexity index is 379. The maximum absolute atomic E-state index is 6.46. The molecule has 1 aromatic carbocycles. The summed E-state index contributed by atoms with van der Waals surface area (Å²) in [6.07, 6.45) is 1.23. The number of likely N-dealkylation sites (N-methyl/N-ethyl adjacent to an activating group) is 1. The van der Waals surface area contributed by atoms with Crippen molar-refractivity contribution >= 4 is 0 Å². The van der Waals surface area contributed by atoms with Gasteiger partial charge >= 0.3 is 0 Å². The Hall–Kier alpha value is -0.900. The molecule has 0 radical (unpaired) electrons. The molecular weight excluding hydrogens is 234 g/mol. The maximum atomic E-state index is 6.46. The second-order valence-corrected chi connectivity index (χ2v) is 5.88. The molecule has 1 heterocycles. The first-order valence-corrected chi connectivity index (χ1v) is 7.34. The number of hydrogen-bond acceptors (Lipinski definition) is 3. The third-order valence-corrected chi connectivity index (χ3v) is 4.33. The molecule has 2 N–H and O–H groups in total. The third-order valence-electron chi connectivity index (χ3n) is 4.33. The maximum Gasteiger partial charge on any atom is 0.0450 e. The molecule has 1 aliphatic rings. The van der Waals surface area contributed by atoms with Gasteiger partial charge in [-0.15, -0.1) is 0 Å². The van der Waals surface area contributed by atoms with Gasteiger partial charge in [0.1, 0.15) is 0 Å². The van der Waals surface area contributed by atoms with Crippen molar-refractivity contribution in [1.82, 2.24) is 9.80 Å². The van der Waals surface area contributed by atoms with Crippen LogP contribution in [0.3, 0.4) is 0 Å². The van der Waals surface area contributed by atoms with Gasteiger partial charge < -0.3 is 10.6 Å². The Morgan fingerprint density at radius 2 is 1.89 bits per heavy atom. The fraction of sp³-hybridized carbons (Fsp3) is 0.625. The fourth-order valence-corrected chi connectivity index (χ4v) is 3.16. The van der Waals surface area contributed by atoms with Gasteiger partial charge in [0.15, 0.2) is 0 Å². The summed E-state index contributed by atoms with van der Waals surface area (Å²) in [6.45, 7) is 8.04. The molecule has 0 saturated carbocycles. The van der Waals surface area contributed by atoms with Crippen LogP contribution >= 0.6 is 0 Å². The van der Waals surface area contributed by atoms with Crippen LogP contribution in [0.15, 0.2) is 30.3 Å². The first-order valence-electron chi connectivity index (χ1n) is 7.34. The van der Waals surface area contributed by atoms with E-state index in [1.54, 1.807) is 0 Å². The monoisotopic (exact) mass is 261 g/mol. The van der Waals surface area contributed by atoms with Crippen molar-refractivity contribution in [1.29, 1.82) is 0 Å². The van der Waals surface area contributed by atoms with Crippen molar-refractivity contribution in [2.45, 2.75) is 38.4 Å². The van der Waals surface area contributed by atoms with Gasteiger partial charge in [0, 0.05) is 31.2 Å². The summed E-state index contributed by atoms with van der Waals surface area (Å²) in [5, 5.41) is 0. The molecule has 3 heteroatoms. The van der Waals surface area contributed by atoms with Gasteiger partial charge in [-0.1, -0.05) is 30.3 Å². The van der Waals surface area contributed by atoms with E-state index in [2.05, 4.69) is 55.0 Å². The molecule has 0 bridgehead atoms. The number of benzene rings is 1. The minimum atomic E-state index is 0.0899. The van der Waals surface area contributed by atoms with Gasteiger partial charge in [0.05, 0.1) is 0 Å². The predicted molar refractivity (Wildman–Crippen MR) is 81.1 cm³/mol. The minimum Gasteiger partial charge on any atom is -0.323 e. The van der Waals surface area contributed by atoms with Crippen LogP contribution < -0.4 is 5.73 Å². The van der Waals surface area contributed by atoms with Crippen LogP contribution in [0.4, 0.5) is 0 Å². The molecule has 3 atom stereocenters. The molecule has 1 fully saturated rings. The first-order chi connectivity index (χ1) is 9.09. The molecule has 3 nitrogen and oxygen atoms in total. The Morgan fingerprint density at radius 1 is 1.21 bits per heavy atom. The SMILES string of the molecule is CC1CN(C)CCCN1C(C)C(N)c1ccccc1. The third kappa shape index (κ3) is 3.56. The lowest BCUT2D eigenvalue weighted by Gasteiger charge is -2.36. The lowest BCUT2D eigenvalue weighted by molar-refractivity contribution is 0.134. The molecule has 0 aliphatic carbocycles. The van der Waals surface area contributed by atoms with E-state index in [0.717, 1.165) is 13.1 Å². The zero-order valence-corrected chi connectivity index (χ0v) is 12.4. The Kier molecular flexibility index (Phi) is 4.97. The summed E-state index contributed by atoms with van der Waals surface area (Å²) in [6, 6.07) is 11.5. The standard InChI is InChI=1S/C16H27N3/c1-13-12-18(3)10-7-11-19(13)14(2)16(17)15-8-5-4-6-9-15/h4-6,8-9,13-14,16H,7,10-12,17H2,1-3H3. The zero-order chi connectivity index (χ0) is 13.8. The molecule has 0 aromatic heterocycles. The average molecular weight is 261 g/mol. The largest absolute Gasteiger partial charge is 0.323 e. The van der Waals surface area contributed by atoms with Gasteiger partial charge in [0.2, 0.25) is 0 Å². The molecule has 0 spiro atoms. The van der Waals surface area contributed by atoms with E-state index >= 15 is 0 Å². The number of nitrogens with zero attached hydrogens (tertiary/aromatic N) is 2. The first kappa shape index (κ1) is 14.5. The van der Waals surface area contributed by atoms with Crippen molar-refractivity contribution in [2.75, 3.05) is 26.7 Å². The van der Waals surface area contributed by atoms with Crippen molar-refractivity contribution in [3.05, 3.63) is 35.9 Å². The summed E-state index contributed by atoms with van der Waals surface area (Å²) in [7, 11) is 2.21. The van der Waals surface area contributed by atoms with Gasteiger partial charge in [-0.05, 0) is 39.4 Å². The van der Waals surface area contributed by atoms with Crippen molar-refractivity contribution in [2.24, 2.45) is 5.73 Å². The lowest BCUT2D eigenvalue weighted by Crippen LogP contribution is -2.47. The highest BCUT2D eigenvalue weighted by molar-refractivity contribution is 5.20.